The number of nitrogens with one attached hydrogen (secondary N) is 1. The second kappa shape index (κ2) is 8.88. The van der Waals surface area contributed by atoms with Crippen molar-refractivity contribution in [3.63, 3.8) is 0 Å². The zero-order chi connectivity index (χ0) is 19.2. The van der Waals surface area contributed by atoms with Gasteiger partial charge in [-0.2, -0.15) is 4.31 Å². The van der Waals surface area contributed by atoms with Crippen molar-refractivity contribution in [3.05, 3.63) is 69.8 Å². The highest BCUT2D eigenvalue weighted by Crippen LogP contribution is 2.16. The first-order valence-corrected chi connectivity index (χ1v) is 9.85. The Morgan fingerprint density at radius 1 is 0.923 bits per heavy atom. The van der Waals surface area contributed by atoms with Gasteiger partial charge in [-0.1, -0.05) is 38.1 Å². The van der Waals surface area contributed by atoms with Crippen LogP contribution in [0.5, 0.6) is 0 Å². The maximum absolute atomic E-state index is 12.4. The van der Waals surface area contributed by atoms with Gasteiger partial charge in [0.05, 0.1) is 9.82 Å². The number of hydrogen-bond acceptors (Lipinski definition) is 5. The molecule has 2 aromatic rings. The van der Waals surface area contributed by atoms with Crippen LogP contribution in [0.4, 0.5) is 5.69 Å². The number of nitro benzene ring substituents is 1. The van der Waals surface area contributed by atoms with Crippen LogP contribution >= 0.6 is 0 Å². The Morgan fingerprint density at radius 2 is 1.38 bits per heavy atom. The summed E-state index contributed by atoms with van der Waals surface area (Å²) in [5.74, 6) is 0. The van der Waals surface area contributed by atoms with E-state index in [1.54, 1.807) is 36.4 Å². The van der Waals surface area contributed by atoms with Crippen LogP contribution in [0.15, 0.2) is 53.4 Å². The lowest BCUT2D eigenvalue weighted by Gasteiger charge is -2.18. The van der Waals surface area contributed by atoms with E-state index in [1.165, 1.54) is 16.4 Å². The number of hydrogen-bond donors (Lipinski definition) is 1. The van der Waals surface area contributed by atoms with E-state index in [1.807, 2.05) is 13.8 Å². The Morgan fingerprint density at radius 3 is 1.81 bits per heavy atom. The largest absolute Gasteiger partial charge is 0.309 e. The number of sulfonamides is 1. The monoisotopic (exact) mass is 377 g/mol. The lowest BCUT2D eigenvalue weighted by atomic mass is 10.2. The van der Waals surface area contributed by atoms with Crippen molar-refractivity contribution in [1.29, 1.82) is 0 Å². The molecular weight excluding hydrogens is 354 g/mol. The smallest absolute Gasteiger partial charge is 0.269 e. The van der Waals surface area contributed by atoms with Gasteiger partial charge in [0.1, 0.15) is 0 Å². The van der Waals surface area contributed by atoms with Crippen molar-refractivity contribution >= 4 is 15.7 Å². The fraction of sp³-hybridized carbons (Fsp3) is 0.333. The van der Waals surface area contributed by atoms with E-state index in [-0.39, 0.29) is 5.69 Å². The molecule has 0 spiro atoms. The average Bonchev–Trinajstić information content (AvgIpc) is 2.63. The average molecular weight is 377 g/mol. The zero-order valence-corrected chi connectivity index (χ0v) is 15.7. The fourth-order valence-electron chi connectivity index (χ4n) is 2.58. The Kier molecular flexibility index (Phi) is 6.84. The van der Waals surface area contributed by atoms with E-state index in [0.717, 1.165) is 11.1 Å². The zero-order valence-electron chi connectivity index (χ0n) is 14.9. The van der Waals surface area contributed by atoms with Gasteiger partial charge in [-0.05, 0) is 23.3 Å². The van der Waals surface area contributed by atoms with Crippen LogP contribution in [0.25, 0.3) is 0 Å². The molecule has 0 saturated carbocycles. The molecule has 0 aromatic heterocycles. The minimum absolute atomic E-state index is 0.0683. The van der Waals surface area contributed by atoms with Gasteiger partial charge in [-0.3, -0.25) is 10.1 Å². The van der Waals surface area contributed by atoms with E-state index < -0.39 is 14.9 Å². The molecule has 0 aliphatic rings. The number of rotatable bonds is 9. The van der Waals surface area contributed by atoms with Crippen LogP contribution in [-0.2, 0) is 23.1 Å². The summed E-state index contributed by atoms with van der Waals surface area (Å²) in [6.45, 7) is 5.66. The first kappa shape index (κ1) is 20.0. The molecule has 2 rings (SSSR count). The molecule has 0 heterocycles. The third-order valence-electron chi connectivity index (χ3n) is 4.07. The van der Waals surface area contributed by atoms with Gasteiger partial charge in [-0.15, -0.1) is 0 Å². The van der Waals surface area contributed by atoms with E-state index in [4.69, 9.17) is 0 Å². The molecular formula is C18H23N3O4S. The normalized spacial score (nSPS) is 11.7. The summed E-state index contributed by atoms with van der Waals surface area (Å²) in [7, 11) is -3.43. The highest BCUT2D eigenvalue weighted by Gasteiger charge is 2.20. The minimum Gasteiger partial charge on any atom is -0.309 e. The van der Waals surface area contributed by atoms with E-state index in [0.29, 0.717) is 31.1 Å². The maximum atomic E-state index is 12.4. The molecule has 2 aromatic carbocycles. The number of non-ortho nitro benzene ring substituents is 1. The summed E-state index contributed by atoms with van der Waals surface area (Å²) in [5, 5.41) is 13.9. The highest BCUT2D eigenvalue weighted by molar-refractivity contribution is 7.89. The SMILES string of the molecule is CCN(CC)S(=O)(=O)c1ccc(CNCc2ccc([N+](=O)[O-])cc2)cc1. The molecule has 0 aliphatic carbocycles. The number of nitrogens with zero attached hydrogens (tertiary/aromatic N) is 2. The summed E-state index contributed by atoms with van der Waals surface area (Å²) >= 11 is 0. The Hall–Kier alpha value is -2.29. The minimum atomic E-state index is -3.43. The van der Waals surface area contributed by atoms with Crippen molar-refractivity contribution in [3.8, 4) is 0 Å². The third kappa shape index (κ3) is 4.87. The van der Waals surface area contributed by atoms with Crippen LogP contribution in [0, 0.1) is 10.1 Å². The number of nitro groups is 1. The van der Waals surface area contributed by atoms with Crippen molar-refractivity contribution in [2.24, 2.45) is 0 Å². The molecule has 26 heavy (non-hydrogen) atoms. The second-order valence-corrected chi connectivity index (χ2v) is 7.70. The van der Waals surface area contributed by atoms with E-state index >= 15 is 0 Å². The van der Waals surface area contributed by atoms with Crippen LogP contribution in [0.1, 0.15) is 25.0 Å². The molecule has 0 atom stereocenters. The molecule has 0 amide bonds. The molecule has 0 aliphatic heterocycles. The molecule has 7 nitrogen and oxygen atoms in total. The molecule has 0 radical (unpaired) electrons. The fourth-order valence-corrected chi connectivity index (χ4v) is 4.04. The number of benzene rings is 2. The quantitative estimate of drug-likeness (QED) is 0.536. The van der Waals surface area contributed by atoms with Gasteiger partial charge in [0.15, 0.2) is 0 Å². The summed E-state index contributed by atoms with van der Waals surface area (Å²) in [6, 6.07) is 13.2. The predicted octanol–water partition coefficient (Wildman–Crippen LogP) is 2.92. The van der Waals surface area contributed by atoms with Crippen molar-refractivity contribution < 1.29 is 13.3 Å². The Balaban J connectivity index is 1.94. The van der Waals surface area contributed by atoms with Gasteiger partial charge in [0.2, 0.25) is 10.0 Å². The van der Waals surface area contributed by atoms with Gasteiger partial charge < -0.3 is 5.32 Å². The predicted molar refractivity (Wildman–Crippen MR) is 100 cm³/mol. The van der Waals surface area contributed by atoms with Gasteiger partial charge in [-0.25, -0.2) is 8.42 Å². The lowest BCUT2D eigenvalue weighted by Crippen LogP contribution is -2.30. The van der Waals surface area contributed by atoms with Crippen molar-refractivity contribution in [1.82, 2.24) is 9.62 Å². The summed E-state index contributed by atoms with van der Waals surface area (Å²) < 4.78 is 26.3. The Labute approximate surface area is 153 Å². The molecule has 0 unspecified atom stereocenters. The van der Waals surface area contributed by atoms with Crippen LogP contribution in [0.3, 0.4) is 0 Å². The van der Waals surface area contributed by atoms with E-state index in [9.17, 15) is 18.5 Å². The van der Waals surface area contributed by atoms with E-state index in [2.05, 4.69) is 5.32 Å². The molecule has 0 bridgehead atoms. The summed E-state index contributed by atoms with van der Waals surface area (Å²) in [4.78, 5) is 10.5. The third-order valence-corrected chi connectivity index (χ3v) is 6.14. The highest BCUT2D eigenvalue weighted by atomic mass is 32.2. The first-order valence-electron chi connectivity index (χ1n) is 8.41. The Bertz CT molecular complexity index is 830. The maximum Gasteiger partial charge on any atom is 0.269 e. The van der Waals surface area contributed by atoms with Gasteiger partial charge >= 0.3 is 0 Å². The summed E-state index contributed by atoms with van der Waals surface area (Å²) in [6.07, 6.45) is 0. The standard InChI is InChI=1S/C18H23N3O4S/c1-3-20(4-2)26(24,25)18-11-7-16(8-12-18)14-19-13-15-5-9-17(10-6-15)21(22)23/h5-12,19H,3-4,13-14H2,1-2H3. The van der Waals surface area contributed by atoms with Crippen molar-refractivity contribution in [2.45, 2.75) is 31.8 Å². The molecule has 1 N–H and O–H groups in total. The van der Waals surface area contributed by atoms with Crippen LogP contribution in [0.2, 0.25) is 0 Å². The molecule has 0 fully saturated rings. The molecule has 140 valence electrons. The lowest BCUT2D eigenvalue weighted by molar-refractivity contribution is -0.384. The molecule has 8 heteroatoms. The van der Waals surface area contributed by atoms with Crippen molar-refractivity contribution in [2.75, 3.05) is 13.1 Å². The van der Waals surface area contributed by atoms with Crippen LogP contribution in [-0.4, -0.2) is 30.7 Å². The van der Waals surface area contributed by atoms with Gasteiger partial charge in [0.25, 0.3) is 5.69 Å². The van der Waals surface area contributed by atoms with Crippen LogP contribution < -0.4 is 5.32 Å². The topological polar surface area (TPSA) is 92.6 Å². The molecule has 0 saturated heterocycles. The first-order chi connectivity index (χ1) is 12.4. The van der Waals surface area contributed by atoms with Gasteiger partial charge in [0, 0.05) is 38.3 Å². The second-order valence-electron chi connectivity index (χ2n) is 5.76. The summed E-state index contributed by atoms with van der Waals surface area (Å²) in [5.41, 5.74) is 1.97.